The second-order valence-corrected chi connectivity index (χ2v) is 23.8. The lowest BCUT2D eigenvalue weighted by molar-refractivity contribution is -0.375. The maximum atomic E-state index is 12.2. The molecule has 7 fully saturated rings. The summed E-state index contributed by atoms with van der Waals surface area (Å²) in [6.07, 6.45) is -17.8. The first kappa shape index (κ1) is 53.3. The van der Waals surface area contributed by atoms with Gasteiger partial charge in [-0.25, -0.2) is 0 Å². The van der Waals surface area contributed by atoms with Gasteiger partial charge in [0.25, 0.3) is 0 Å². The van der Waals surface area contributed by atoms with E-state index in [0.29, 0.717) is 25.7 Å². The van der Waals surface area contributed by atoms with Crippen molar-refractivity contribution in [2.45, 2.75) is 210 Å². The number of fused-ring (bicyclic) bond motifs is 7. The molecule has 0 aromatic heterocycles. The Morgan fingerprint density at radius 1 is 0.647 bits per heavy atom. The van der Waals surface area contributed by atoms with Gasteiger partial charge >= 0.3 is 0 Å². The first-order valence-corrected chi connectivity index (χ1v) is 24.9. The molecule has 19 nitrogen and oxygen atoms in total. The maximum Gasteiger partial charge on any atom is 0.187 e. The van der Waals surface area contributed by atoms with Crippen LogP contribution in [0.3, 0.4) is 0 Å². The summed E-state index contributed by atoms with van der Waals surface area (Å²) in [6.45, 7) is 13.2. The zero-order valence-corrected chi connectivity index (χ0v) is 40.9. The van der Waals surface area contributed by atoms with E-state index in [-0.39, 0.29) is 47.9 Å². The van der Waals surface area contributed by atoms with Gasteiger partial charge in [0, 0.05) is 23.9 Å². The normalized spacial score (nSPS) is 55.8. The summed E-state index contributed by atoms with van der Waals surface area (Å²) in [4.78, 5) is 0. The van der Waals surface area contributed by atoms with Crippen molar-refractivity contribution in [2.75, 3.05) is 33.5 Å². The molecule has 392 valence electrons. The molecule has 68 heavy (non-hydrogen) atoms. The van der Waals surface area contributed by atoms with E-state index in [2.05, 4.69) is 40.7 Å². The summed E-state index contributed by atoms with van der Waals surface area (Å²) >= 11 is 0. The summed E-state index contributed by atoms with van der Waals surface area (Å²) in [5, 5.41) is 131. The molecule has 0 unspecified atom stereocenters. The van der Waals surface area contributed by atoms with Gasteiger partial charge < -0.3 is 94.4 Å². The van der Waals surface area contributed by atoms with Gasteiger partial charge in [-0.2, -0.15) is 0 Å². The molecule has 0 amide bonds. The zero-order valence-electron chi connectivity index (χ0n) is 40.9. The molecule has 0 aromatic carbocycles. The number of aliphatic hydroxyl groups is 12. The number of rotatable bonds is 11. The molecule has 4 saturated carbocycles. The van der Waals surface area contributed by atoms with Crippen LogP contribution >= 0.6 is 0 Å². The lowest BCUT2D eigenvalue weighted by Crippen LogP contribution is -2.70. The van der Waals surface area contributed by atoms with E-state index in [1.165, 1.54) is 12.5 Å². The van der Waals surface area contributed by atoms with Crippen LogP contribution in [0.1, 0.15) is 99.8 Å². The van der Waals surface area contributed by atoms with E-state index in [9.17, 15) is 61.3 Å². The molecule has 8 rings (SSSR count). The molecular formula is C49H82O19. The summed E-state index contributed by atoms with van der Waals surface area (Å²) in [7, 11) is 1.74. The lowest BCUT2D eigenvalue weighted by atomic mass is 9.32. The van der Waals surface area contributed by atoms with Gasteiger partial charge in [-0.05, 0) is 91.8 Å². The van der Waals surface area contributed by atoms with Crippen LogP contribution in [-0.2, 0) is 33.2 Å². The van der Waals surface area contributed by atoms with Gasteiger partial charge in [-0.3, -0.25) is 0 Å². The fourth-order valence-electron chi connectivity index (χ4n) is 15.4. The van der Waals surface area contributed by atoms with Crippen LogP contribution in [0, 0.1) is 50.2 Å². The van der Waals surface area contributed by atoms with Crippen LogP contribution in [0.4, 0.5) is 0 Å². The Morgan fingerprint density at radius 2 is 1.28 bits per heavy atom. The highest BCUT2D eigenvalue weighted by Gasteiger charge is 2.72. The van der Waals surface area contributed by atoms with Crippen LogP contribution in [-0.4, -0.2) is 205 Å². The molecule has 12 N–H and O–H groups in total. The van der Waals surface area contributed by atoms with Gasteiger partial charge in [-0.1, -0.05) is 53.2 Å². The minimum atomic E-state index is -1.83. The smallest absolute Gasteiger partial charge is 0.187 e. The van der Waals surface area contributed by atoms with Crippen LogP contribution in [0.5, 0.6) is 0 Å². The first-order valence-electron chi connectivity index (χ1n) is 24.9. The van der Waals surface area contributed by atoms with Crippen molar-refractivity contribution < 1.29 is 94.4 Å². The molecule has 3 heterocycles. The van der Waals surface area contributed by atoms with Gasteiger partial charge in [0.1, 0.15) is 67.1 Å². The van der Waals surface area contributed by atoms with Crippen molar-refractivity contribution in [3.8, 4) is 0 Å². The van der Waals surface area contributed by atoms with Gasteiger partial charge in [0.05, 0.1) is 50.8 Å². The van der Waals surface area contributed by atoms with E-state index >= 15 is 0 Å². The SMILES string of the molecule is CO[C@@H]1C=C2[C@@H]3CC(C)(C)CC[C@]3(CO)[C@@H](O)C[C@@]2(C)[C@]2(C)CC[C@H]3[C@](C)(CO)[C@@H](O[C@@H]4O[C@H](CO[C@@H]5O[C@H](CO)[C@@H](O)[C@H](O)[C@H]5O)[C@@H](O[C@@H]5O[C@@H](C)[C@H](O)[C@@H](O)[C@H]5O)[C@H](O)[C@H]4O)CC[C@]3(C)[C@@H]12. The van der Waals surface area contributed by atoms with Crippen molar-refractivity contribution in [3.05, 3.63) is 11.6 Å². The van der Waals surface area contributed by atoms with Crippen LogP contribution in [0.2, 0.25) is 0 Å². The number of hydrogen-bond donors (Lipinski definition) is 12. The summed E-state index contributed by atoms with van der Waals surface area (Å²) in [5.74, 6) is -0.216. The van der Waals surface area contributed by atoms with Crippen molar-refractivity contribution in [3.63, 3.8) is 0 Å². The first-order chi connectivity index (χ1) is 31.8. The third-order valence-electron chi connectivity index (χ3n) is 19.8. The largest absolute Gasteiger partial charge is 0.396 e. The fraction of sp³-hybridized carbons (Fsp3) is 0.959. The van der Waals surface area contributed by atoms with Crippen molar-refractivity contribution in [1.29, 1.82) is 0 Å². The second kappa shape index (κ2) is 19.0. The zero-order chi connectivity index (χ0) is 49.8. The quantitative estimate of drug-likeness (QED) is 0.0892. The number of allylic oxidation sites excluding steroid dienone is 1. The summed E-state index contributed by atoms with van der Waals surface area (Å²) in [6, 6.07) is 0. The summed E-state index contributed by atoms with van der Waals surface area (Å²) in [5.41, 5.74) is -1.45. The Hall–Kier alpha value is -1.02. The molecule has 0 radical (unpaired) electrons. The van der Waals surface area contributed by atoms with Gasteiger partial charge in [-0.15, -0.1) is 0 Å². The average molecular weight is 975 g/mol. The van der Waals surface area contributed by atoms with Crippen molar-refractivity contribution >= 4 is 0 Å². The lowest BCUT2D eigenvalue weighted by Gasteiger charge is -2.73. The Morgan fingerprint density at radius 3 is 1.93 bits per heavy atom. The van der Waals surface area contributed by atoms with E-state index < -0.39 is 139 Å². The van der Waals surface area contributed by atoms with E-state index in [0.717, 1.165) is 25.7 Å². The van der Waals surface area contributed by atoms with Crippen LogP contribution in [0.25, 0.3) is 0 Å². The molecule has 19 heteroatoms. The average Bonchev–Trinajstić information content (AvgIpc) is 3.29. The molecule has 26 atom stereocenters. The fourth-order valence-corrected chi connectivity index (χ4v) is 15.4. The standard InChI is InChI=1S/C49H82O19/c1-22-31(54)33(56)37(60)42(64-22)68-39-27(19-63-41-36(59)34(57)32(55)26(18-50)65-41)66-43(38(61)35(39)58)67-30-10-11-45(4)28(46(30,5)20-51)9-12-47(6)40(45)25(62-8)15-23-24-16-44(2,3)13-14-49(24,21-52)29(53)17-48(23,47)7/h15,22,24-43,50-61H,9-14,16-21H2,1-8H3/t22-,24-,25+,26+,27+,28+,29-,30-,31-,32+,33+,34-,35+,36+,37+,38+,39+,40+,41+,42-,43-,45-,46-,47+,48+,49+/m0/s1. The maximum absolute atomic E-state index is 12.2. The molecule has 8 aliphatic rings. The number of ether oxygens (including phenoxy) is 7. The number of methoxy groups -OCH3 is 1. The van der Waals surface area contributed by atoms with E-state index in [4.69, 9.17) is 33.2 Å². The highest BCUT2D eigenvalue weighted by molar-refractivity contribution is 5.37. The molecule has 3 aliphatic heterocycles. The Kier molecular flexibility index (Phi) is 14.9. The van der Waals surface area contributed by atoms with Gasteiger partial charge in [0.15, 0.2) is 18.9 Å². The number of aliphatic hydroxyl groups excluding tert-OH is 12. The van der Waals surface area contributed by atoms with Crippen LogP contribution < -0.4 is 0 Å². The molecule has 3 saturated heterocycles. The number of hydrogen-bond acceptors (Lipinski definition) is 19. The third-order valence-corrected chi connectivity index (χ3v) is 19.8. The predicted molar refractivity (Wildman–Crippen MR) is 238 cm³/mol. The summed E-state index contributed by atoms with van der Waals surface area (Å²) < 4.78 is 42.7. The van der Waals surface area contributed by atoms with Crippen molar-refractivity contribution in [1.82, 2.24) is 0 Å². The minimum absolute atomic E-state index is 0.0187. The molecule has 0 aromatic rings. The highest BCUT2D eigenvalue weighted by Crippen LogP contribution is 2.76. The molecule has 0 bridgehead atoms. The molecule has 5 aliphatic carbocycles. The molecule has 0 spiro atoms. The predicted octanol–water partition coefficient (Wildman–Crippen LogP) is -0.790. The minimum Gasteiger partial charge on any atom is -0.396 e. The van der Waals surface area contributed by atoms with Crippen molar-refractivity contribution in [2.24, 2.45) is 50.2 Å². The van der Waals surface area contributed by atoms with E-state index in [1.54, 1.807) is 7.11 Å². The molecular weight excluding hydrogens is 893 g/mol. The van der Waals surface area contributed by atoms with Gasteiger partial charge in [0.2, 0.25) is 0 Å². The van der Waals surface area contributed by atoms with Crippen LogP contribution in [0.15, 0.2) is 11.6 Å². The Bertz CT molecular complexity index is 1800. The Balaban J connectivity index is 1.07. The topological polar surface area (TPSA) is 307 Å². The Labute approximate surface area is 399 Å². The monoisotopic (exact) mass is 975 g/mol. The highest BCUT2D eigenvalue weighted by atomic mass is 16.8. The second-order valence-electron chi connectivity index (χ2n) is 23.8. The third kappa shape index (κ3) is 8.21. The van der Waals surface area contributed by atoms with E-state index in [1.807, 2.05) is 6.92 Å².